The fourth-order valence-corrected chi connectivity index (χ4v) is 3.51. The number of pyridine rings is 1. The highest BCUT2D eigenvalue weighted by molar-refractivity contribution is 7.99. The average Bonchev–Trinajstić information content (AvgIpc) is 2.71. The quantitative estimate of drug-likeness (QED) is 0.254. The van der Waals surface area contributed by atoms with E-state index in [9.17, 15) is 0 Å². The zero-order valence-corrected chi connectivity index (χ0v) is 17.4. The third kappa shape index (κ3) is 5.68. The monoisotopic (exact) mass is 392 g/mol. The van der Waals surface area contributed by atoms with Gasteiger partial charge >= 0.3 is 0 Å². The summed E-state index contributed by atoms with van der Waals surface area (Å²) in [6, 6.07) is 8.16. The van der Waals surface area contributed by atoms with Gasteiger partial charge in [0.1, 0.15) is 0 Å². The van der Waals surface area contributed by atoms with E-state index in [0.29, 0.717) is 17.5 Å². The van der Waals surface area contributed by atoms with Crippen LogP contribution in [0.1, 0.15) is 25.8 Å². The molecule has 1 atom stereocenters. The van der Waals surface area contributed by atoms with Crippen molar-refractivity contribution in [3.05, 3.63) is 72.7 Å². The Morgan fingerprint density at radius 3 is 2.71 bits per heavy atom. The predicted molar refractivity (Wildman–Crippen MR) is 124 cm³/mol. The maximum Gasteiger partial charge on any atom is 0.0771 e. The number of hydrogen-bond acceptors (Lipinski definition) is 5. The van der Waals surface area contributed by atoms with E-state index in [0.717, 1.165) is 39.3 Å². The van der Waals surface area contributed by atoms with E-state index in [1.54, 1.807) is 18.0 Å². The SMILES string of the molecule is C=Nc1cc(C(/C=C\C(=C)N)=C/C(C)CC)cc(-c2cccnc2)c1SCN. The number of nitrogens with zero attached hydrogens (tertiary/aromatic N) is 2. The molecule has 4 nitrogen and oxygen atoms in total. The van der Waals surface area contributed by atoms with E-state index in [4.69, 9.17) is 11.5 Å². The normalized spacial score (nSPS) is 12.9. The zero-order chi connectivity index (χ0) is 20.5. The van der Waals surface area contributed by atoms with Crippen LogP contribution in [0.4, 0.5) is 5.69 Å². The number of rotatable bonds is 9. The summed E-state index contributed by atoms with van der Waals surface area (Å²) in [6.45, 7) is 11.9. The summed E-state index contributed by atoms with van der Waals surface area (Å²) in [6.07, 6.45) is 10.7. The smallest absolute Gasteiger partial charge is 0.0771 e. The fraction of sp³-hybridized carbons (Fsp3) is 0.217. The zero-order valence-electron chi connectivity index (χ0n) is 16.6. The van der Waals surface area contributed by atoms with Gasteiger partial charge in [0.2, 0.25) is 0 Å². The van der Waals surface area contributed by atoms with Gasteiger partial charge in [0.05, 0.1) is 5.69 Å². The molecule has 0 radical (unpaired) electrons. The Morgan fingerprint density at radius 2 is 2.14 bits per heavy atom. The summed E-state index contributed by atoms with van der Waals surface area (Å²) in [7, 11) is 0. The Kier molecular flexibility index (Phi) is 8.23. The molecule has 28 heavy (non-hydrogen) atoms. The Hall–Kier alpha value is -2.63. The molecule has 0 saturated carbocycles. The first-order valence-corrected chi connectivity index (χ1v) is 10.2. The highest BCUT2D eigenvalue weighted by atomic mass is 32.2. The van der Waals surface area contributed by atoms with Gasteiger partial charge in [-0.2, -0.15) is 0 Å². The van der Waals surface area contributed by atoms with Crippen molar-refractivity contribution in [2.75, 3.05) is 5.88 Å². The van der Waals surface area contributed by atoms with E-state index in [-0.39, 0.29) is 0 Å². The number of nitrogens with two attached hydrogens (primary N) is 2. The van der Waals surface area contributed by atoms with E-state index in [1.807, 2.05) is 36.5 Å². The number of hydrogen-bond donors (Lipinski definition) is 2. The molecule has 1 unspecified atom stereocenters. The van der Waals surface area contributed by atoms with Crippen molar-refractivity contribution in [3.8, 4) is 11.1 Å². The molecule has 5 heteroatoms. The lowest BCUT2D eigenvalue weighted by Gasteiger charge is -2.16. The lowest BCUT2D eigenvalue weighted by Crippen LogP contribution is -1.96. The van der Waals surface area contributed by atoms with Crippen molar-refractivity contribution in [3.63, 3.8) is 0 Å². The average molecular weight is 393 g/mol. The number of aliphatic imine (C=N–C) groups is 1. The Bertz CT molecular complexity index is 885. The first-order chi connectivity index (χ1) is 13.5. The van der Waals surface area contributed by atoms with E-state index in [2.05, 4.69) is 49.3 Å². The lowest BCUT2D eigenvalue weighted by atomic mass is 9.95. The molecular weight excluding hydrogens is 364 g/mol. The second-order valence-electron chi connectivity index (χ2n) is 6.50. The molecule has 1 heterocycles. The topological polar surface area (TPSA) is 77.3 Å². The maximum atomic E-state index is 5.83. The van der Waals surface area contributed by atoms with Gasteiger partial charge in [-0.15, -0.1) is 11.8 Å². The van der Waals surface area contributed by atoms with Crippen molar-refractivity contribution in [2.45, 2.75) is 25.2 Å². The summed E-state index contributed by atoms with van der Waals surface area (Å²) in [5, 5.41) is 0. The standard InChI is InChI=1S/C23H28N4S/c1-5-16(2)11-18(9-8-17(3)25)20-12-21(19-7-6-10-27-14-19)23(28-15-24)22(13-20)26-4/h6-14,16H,3-5,15,24-25H2,1-2H3/b9-8-,18-11+. The highest BCUT2D eigenvalue weighted by Gasteiger charge is 2.14. The van der Waals surface area contributed by atoms with E-state index >= 15 is 0 Å². The lowest BCUT2D eigenvalue weighted by molar-refractivity contribution is 0.700. The number of thioether (sulfide) groups is 1. The van der Waals surface area contributed by atoms with Crippen LogP contribution in [-0.4, -0.2) is 17.6 Å². The molecule has 0 amide bonds. The molecule has 0 saturated heterocycles. The number of benzene rings is 1. The van der Waals surface area contributed by atoms with Gasteiger partial charge in [-0.05, 0) is 53.6 Å². The van der Waals surface area contributed by atoms with Crippen molar-refractivity contribution in [2.24, 2.45) is 22.4 Å². The van der Waals surface area contributed by atoms with Crippen molar-refractivity contribution in [1.29, 1.82) is 0 Å². The third-order valence-corrected chi connectivity index (χ3v) is 5.24. The number of allylic oxidation sites excluding steroid dienone is 4. The molecule has 1 aromatic heterocycles. The molecule has 0 bridgehead atoms. The minimum absolute atomic E-state index is 0.422. The first-order valence-electron chi connectivity index (χ1n) is 9.22. The van der Waals surface area contributed by atoms with Gasteiger partial charge in [0.25, 0.3) is 0 Å². The largest absolute Gasteiger partial charge is 0.399 e. The van der Waals surface area contributed by atoms with Crippen LogP contribution in [0.15, 0.2) is 77.1 Å². The van der Waals surface area contributed by atoms with Crippen molar-refractivity contribution < 1.29 is 0 Å². The molecule has 0 fully saturated rings. The summed E-state index contributed by atoms with van der Waals surface area (Å²) in [5.74, 6) is 0.878. The molecule has 0 aliphatic rings. The molecule has 0 spiro atoms. The van der Waals surface area contributed by atoms with Gasteiger partial charge in [0.15, 0.2) is 0 Å². The Labute approximate surface area is 172 Å². The second kappa shape index (κ2) is 10.6. The van der Waals surface area contributed by atoms with Crippen LogP contribution in [0.5, 0.6) is 0 Å². The molecule has 2 rings (SSSR count). The molecule has 4 N–H and O–H groups in total. The van der Waals surface area contributed by atoms with Gasteiger partial charge in [0, 0.05) is 34.4 Å². The van der Waals surface area contributed by atoms with Gasteiger partial charge < -0.3 is 11.5 Å². The fourth-order valence-electron chi connectivity index (χ4n) is 2.74. The van der Waals surface area contributed by atoms with Crippen LogP contribution in [0.2, 0.25) is 0 Å². The van der Waals surface area contributed by atoms with Crippen LogP contribution >= 0.6 is 11.8 Å². The minimum atomic E-state index is 0.422. The summed E-state index contributed by atoms with van der Waals surface area (Å²) < 4.78 is 0. The summed E-state index contributed by atoms with van der Waals surface area (Å²) in [5.41, 5.74) is 17.1. The van der Waals surface area contributed by atoms with Crippen LogP contribution < -0.4 is 11.5 Å². The summed E-state index contributed by atoms with van der Waals surface area (Å²) >= 11 is 1.55. The van der Waals surface area contributed by atoms with Crippen LogP contribution in [0.25, 0.3) is 16.7 Å². The van der Waals surface area contributed by atoms with Gasteiger partial charge in [-0.25, -0.2) is 0 Å². The van der Waals surface area contributed by atoms with Crippen LogP contribution in [0, 0.1) is 5.92 Å². The van der Waals surface area contributed by atoms with Crippen LogP contribution in [-0.2, 0) is 0 Å². The minimum Gasteiger partial charge on any atom is -0.399 e. The van der Waals surface area contributed by atoms with Gasteiger partial charge in [-0.1, -0.05) is 45.1 Å². The molecular formula is C23H28N4S. The van der Waals surface area contributed by atoms with Crippen molar-refractivity contribution >= 4 is 29.7 Å². The molecule has 1 aromatic carbocycles. The van der Waals surface area contributed by atoms with Crippen molar-refractivity contribution in [1.82, 2.24) is 4.98 Å². The third-order valence-electron chi connectivity index (χ3n) is 4.36. The first kappa shape index (κ1) is 21.7. The van der Waals surface area contributed by atoms with E-state index < -0.39 is 0 Å². The Morgan fingerprint density at radius 1 is 1.36 bits per heavy atom. The maximum absolute atomic E-state index is 5.83. The van der Waals surface area contributed by atoms with Gasteiger partial charge in [-0.3, -0.25) is 9.98 Å². The van der Waals surface area contributed by atoms with Crippen LogP contribution in [0.3, 0.4) is 0 Å². The molecule has 0 aliphatic carbocycles. The molecule has 0 aliphatic heterocycles. The second-order valence-corrected chi connectivity index (χ2v) is 7.53. The van der Waals surface area contributed by atoms with E-state index in [1.165, 1.54) is 0 Å². The molecule has 2 aromatic rings. The number of aromatic nitrogens is 1. The summed E-state index contributed by atoms with van der Waals surface area (Å²) in [4.78, 5) is 9.55. The highest BCUT2D eigenvalue weighted by Crippen LogP contribution is 2.41. The predicted octanol–water partition coefficient (Wildman–Crippen LogP) is 5.55. The molecule has 146 valence electrons. The Balaban J connectivity index is 2.73.